The van der Waals surface area contributed by atoms with Crippen LogP contribution in [0.15, 0.2) is 0 Å². The van der Waals surface area contributed by atoms with Gasteiger partial charge in [-0.05, 0) is 13.8 Å². The van der Waals surface area contributed by atoms with Gasteiger partial charge in [0.2, 0.25) is 0 Å². The summed E-state index contributed by atoms with van der Waals surface area (Å²) >= 11 is 0. The summed E-state index contributed by atoms with van der Waals surface area (Å²) in [5, 5.41) is 0. The first kappa shape index (κ1) is 27.9. The van der Waals surface area contributed by atoms with Crippen LogP contribution in [0.2, 0.25) is 0 Å². The molecule has 0 atom stereocenters. The predicted molar refractivity (Wildman–Crippen MR) is 100.0 cm³/mol. The van der Waals surface area contributed by atoms with Gasteiger partial charge in [0.05, 0.1) is 85.4 Å². The van der Waals surface area contributed by atoms with Crippen molar-refractivity contribution in [3.63, 3.8) is 0 Å². The number of hydrogen-bond donors (Lipinski definition) is 0. The molecule has 0 aromatic rings. The quantitative estimate of drug-likeness (QED) is 0.310. The summed E-state index contributed by atoms with van der Waals surface area (Å²) in [6.45, 7) is 11.6. The summed E-state index contributed by atoms with van der Waals surface area (Å²) in [4.78, 5) is 0. The van der Waals surface area contributed by atoms with Gasteiger partial charge in [-0.25, -0.2) is 0 Å². The molecular formula is C18H40O8. The number of methoxy groups -OCH3 is 3. The minimum absolute atomic E-state index is 0.275. The molecule has 0 unspecified atom stereocenters. The Balaban J connectivity index is 0. The van der Waals surface area contributed by atoms with Crippen LogP contribution in [0.25, 0.3) is 0 Å². The minimum atomic E-state index is 0.275. The van der Waals surface area contributed by atoms with Crippen molar-refractivity contribution in [1.82, 2.24) is 0 Å². The third kappa shape index (κ3) is 31.4. The van der Waals surface area contributed by atoms with E-state index in [1.807, 2.05) is 13.8 Å². The molecule has 0 aromatic carbocycles. The summed E-state index contributed by atoms with van der Waals surface area (Å²) in [5.74, 6) is 0. The third-order valence-corrected chi connectivity index (χ3v) is 2.72. The van der Waals surface area contributed by atoms with Crippen LogP contribution in [0, 0.1) is 0 Å². The lowest BCUT2D eigenvalue weighted by atomic mass is 10.5. The van der Waals surface area contributed by atoms with Crippen LogP contribution in [0.3, 0.4) is 0 Å². The first-order chi connectivity index (χ1) is 12.7. The summed E-state index contributed by atoms with van der Waals surface area (Å²) in [7, 11) is 4.96. The highest BCUT2D eigenvalue weighted by Crippen LogP contribution is 1.87. The average molecular weight is 385 g/mol. The van der Waals surface area contributed by atoms with Gasteiger partial charge in [0.25, 0.3) is 0 Å². The van der Waals surface area contributed by atoms with Crippen LogP contribution in [0.4, 0.5) is 0 Å². The second-order valence-corrected chi connectivity index (χ2v) is 5.35. The molecule has 0 bridgehead atoms. The van der Waals surface area contributed by atoms with E-state index in [0.29, 0.717) is 79.3 Å². The lowest BCUT2D eigenvalue weighted by molar-refractivity contribution is -0.00820. The van der Waals surface area contributed by atoms with Crippen molar-refractivity contribution < 1.29 is 37.9 Å². The van der Waals surface area contributed by atoms with Crippen LogP contribution < -0.4 is 0 Å². The molecule has 0 saturated carbocycles. The molecule has 0 aromatic heterocycles. The molecule has 0 fully saturated rings. The fourth-order valence-electron chi connectivity index (χ4n) is 1.41. The van der Waals surface area contributed by atoms with Crippen LogP contribution in [0.1, 0.15) is 13.8 Å². The second kappa shape index (κ2) is 26.9. The summed E-state index contributed by atoms with van der Waals surface area (Å²) in [5.41, 5.74) is 0. The lowest BCUT2D eigenvalue weighted by Gasteiger charge is -2.08. The van der Waals surface area contributed by atoms with Gasteiger partial charge >= 0.3 is 0 Å². The van der Waals surface area contributed by atoms with Gasteiger partial charge in [0, 0.05) is 21.3 Å². The normalized spacial score (nSPS) is 10.8. The Hall–Kier alpha value is -0.320. The maximum Gasteiger partial charge on any atom is 0.0703 e. The first-order valence-corrected chi connectivity index (χ1v) is 9.08. The molecule has 8 nitrogen and oxygen atoms in total. The fraction of sp³-hybridized carbons (Fsp3) is 1.00. The van der Waals surface area contributed by atoms with E-state index in [1.165, 1.54) is 0 Å². The van der Waals surface area contributed by atoms with E-state index < -0.39 is 0 Å². The molecular weight excluding hydrogens is 344 g/mol. The molecule has 0 amide bonds. The van der Waals surface area contributed by atoms with Crippen molar-refractivity contribution in [2.24, 2.45) is 0 Å². The monoisotopic (exact) mass is 384 g/mol. The molecule has 0 rings (SSSR count). The van der Waals surface area contributed by atoms with E-state index in [-0.39, 0.29) is 6.10 Å². The Kier molecular flexibility index (Phi) is 28.9. The average Bonchev–Trinajstić information content (AvgIpc) is 2.63. The Bertz CT molecular complexity index is 219. The van der Waals surface area contributed by atoms with E-state index in [4.69, 9.17) is 37.9 Å². The third-order valence-electron chi connectivity index (χ3n) is 2.72. The molecule has 0 heterocycles. The number of rotatable bonds is 19. The van der Waals surface area contributed by atoms with Gasteiger partial charge in [0.15, 0.2) is 0 Å². The van der Waals surface area contributed by atoms with E-state index in [1.54, 1.807) is 21.3 Å². The highest BCUT2D eigenvalue weighted by Gasteiger charge is 1.93. The molecule has 160 valence electrons. The molecule has 0 N–H and O–H groups in total. The summed E-state index contributed by atoms with van der Waals surface area (Å²) in [6.07, 6.45) is 0.275. The van der Waals surface area contributed by atoms with Gasteiger partial charge in [-0.3, -0.25) is 0 Å². The molecule has 26 heavy (non-hydrogen) atoms. The zero-order valence-electron chi connectivity index (χ0n) is 17.3. The highest BCUT2D eigenvalue weighted by molar-refractivity contribution is 4.37. The van der Waals surface area contributed by atoms with E-state index in [9.17, 15) is 0 Å². The van der Waals surface area contributed by atoms with E-state index in [0.717, 1.165) is 0 Å². The van der Waals surface area contributed by atoms with Gasteiger partial charge < -0.3 is 37.9 Å². The number of hydrogen-bond acceptors (Lipinski definition) is 8. The van der Waals surface area contributed by atoms with Crippen LogP contribution in [-0.4, -0.2) is 107 Å². The van der Waals surface area contributed by atoms with E-state index >= 15 is 0 Å². The maximum atomic E-state index is 5.30. The van der Waals surface area contributed by atoms with Gasteiger partial charge in [-0.2, -0.15) is 0 Å². The Morgan fingerprint density at radius 2 is 0.692 bits per heavy atom. The van der Waals surface area contributed by atoms with Crippen molar-refractivity contribution in [3.05, 3.63) is 0 Å². The van der Waals surface area contributed by atoms with Crippen molar-refractivity contribution in [2.75, 3.05) is 101 Å². The Labute approximate surface area is 159 Å². The molecule has 0 aliphatic rings. The smallest absolute Gasteiger partial charge is 0.0703 e. The van der Waals surface area contributed by atoms with Crippen LogP contribution >= 0.6 is 0 Å². The fourth-order valence-corrected chi connectivity index (χ4v) is 1.41. The molecule has 0 aliphatic heterocycles. The van der Waals surface area contributed by atoms with Crippen LogP contribution in [0.5, 0.6) is 0 Å². The first-order valence-electron chi connectivity index (χ1n) is 9.08. The Morgan fingerprint density at radius 1 is 0.423 bits per heavy atom. The SMILES string of the molecule is COCCOCCOCCOC.COCCOCCOCCOC(C)C. The van der Waals surface area contributed by atoms with E-state index in [2.05, 4.69) is 0 Å². The highest BCUT2D eigenvalue weighted by atomic mass is 16.6. The molecule has 0 saturated heterocycles. The molecule has 0 aliphatic carbocycles. The maximum absolute atomic E-state index is 5.30. The summed E-state index contributed by atoms with van der Waals surface area (Å²) < 4.78 is 40.5. The van der Waals surface area contributed by atoms with Gasteiger partial charge in [-0.15, -0.1) is 0 Å². The molecule has 0 spiro atoms. The molecule has 0 radical (unpaired) electrons. The van der Waals surface area contributed by atoms with Gasteiger partial charge in [0.1, 0.15) is 0 Å². The Morgan fingerprint density at radius 3 is 0.962 bits per heavy atom. The van der Waals surface area contributed by atoms with Crippen molar-refractivity contribution >= 4 is 0 Å². The zero-order chi connectivity index (χ0) is 19.7. The lowest BCUT2D eigenvalue weighted by Crippen LogP contribution is -2.13. The number of ether oxygens (including phenoxy) is 8. The molecule has 8 heteroatoms. The van der Waals surface area contributed by atoms with Crippen molar-refractivity contribution in [2.45, 2.75) is 20.0 Å². The van der Waals surface area contributed by atoms with Crippen LogP contribution in [-0.2, 0) is 37.9 Å². The standard InChI is InChI=1S/C10H22O4.C8H18O4/c1-10(2)14-9-8-13-7-6-12-5-4-11-3;1-9-3-5-11-7-8-12-6-4-10-2/h10H,4-9H2,1-3H3;3-8H2,1-2H3. The van der Waals surface area contributed by atoms with Gasteiger partial charge in [-0.1, -0.05) is 0 Å². The largest absolute Gasteiger partial charge is 0.382 e. The predicted octanol–water partition coefficient (Wildman–Crippen LogP) is 1.40. The summed E-state index contributed by atoms with van der Waals surface area (Å²) in [6, 6.07) is 0. The zero-order valence-corrected chi connectivity index (χ0v) is 17.3. The second-order valence-electron chi connectivity index (χ2n) is 5.35. The van der Waals surface area contributed by atoms with Crippen molar-refractivity contribution in [3.8, 4) is 0 Å². The van der Waals surface area contributed by atoms with Crippen molar-refractivity contribution in [1.29, 1.82) is 0 Å². The minimum Gasteiger partial charge on any atom is -0.382 e. The topological polar surface area (TPSA) is 73.8 Å².